The summed E-state index contributed by atoms with van der Waals surface area (Å²) in [5.74, 6) is 0.291. The molecule has 2 aliphatic carbocycles. The van der Waals surface area contributed by atoms with Gasteiger partial charge in [0, 0.05) is 22.3 Å². The van der Waals surface area contributed by atoms with Crippen molar-refractivity contribution in [2.24, 2.45) is 27.6 Å². The van der Waals surface area contributed by atoms with Crippen LogP contribution in [0.1, 0.15) is 47.9 Å². The molecule has 0 N–H and O–H groups in total. The lowest BCUT2D eigenvalue weighted by molar-refractivity contribution is -0.0191. The second-order valence-corrected chi connectivity index (χ2v) is 11.3. The van der Waals surface area contributed by atoms with Gasteiger partial charge in [-0.1, -0.05) is 132 Å². The summed E-state index contributed by atoms with van der Waals surface area (Å²) in [6, 6.07) is 42.5. The highest BCUT2D eigenvalue weighted by molar-refractivity contribution is 6.17. The van der Waals surface area contributed by atoms with Gasteiger partial charge in [-0.3, -0.25) is 0 Å². The van der Waals surface area contributed by atoms with Gasteiger partial charge in [-0.2, -0.15) is 0 Å². The second kappa shape index (κ2) is 8.41. The van der Waals surface area contributed by atoms with E-state index in [9.17, 15) is 0 Å². The zero-order valence-corrected chi connectivity index (χ0v) is 21.7. The van der Waals surface area contributed by atoms with Gasteiger partial charge < -0.3 is 9.68 Å². The topological polar surface area (TPSA) is 43.2 Å². The molecule has 39 heavy (non-hydrogen) atoms. The first-order valence-corrected chi connectivity index (χ1v) is 14.0. The van der Waals surface area contributed by atoms with Gasteiger partial charge in [0.1, 0.15) is 0 Å². The molecule has 4 aliphatic rings. The predicted molar refractivity (Wildman–Crippen MR) is 152 cm³/mol. The minimum absolute atomic E-state index is 0.146. The van der Waals surface area contributed by atoms with Crippen LogP contribution in [-0.4, -0.2) is 11.4 Å². The molecular formula is C35H30N2O2. The van der Waals surface area contributed by atoms with Crippen LogP contribution in [0.25, 0.3) is 0 Å². The minimum Gasteiger partial charge on any atom is -0.379 e. The van der Waals surface area contributed by atoms with E-state index in [4.69, 9.17) is 20.0 Å². The molecule has 0 amide bonds. The molecule has 4 heteroatoms. The zero-order chi connectivity index (χ0) is 25.9. The SMILES string of the molecule is c1ccc(C2(c3ccccc3)ON=C3C2CCC32CCC3C2=NOC3(c2ccccc2)c2ccccc2)cc1. The van der Waals surface area contributed by atoms with Crippen molar-refractivity contribution >= 4 is 11.4 Å². The maximum atomic E-state index is 6.63. The number of hydrogen-bond acceptors (Lipinski definition) is 4. The van der Waals surface area contributed by atoms with E-state index in [2.05, 4.69) is 121 Å². The van der Waals surface area contributed by atoms with E-state index in [1.807, 2.05) is 0 Å². The van der Waals surface area contributed by atoms with Crippen molar-refractivity contribution < 1.29 is 9.68 Å². The van der Waals surface area contributed by atoms with Gasteiger partial charge in [0.25, 0.3) is 0 Å². The average Bonchev–Trinajstić information content (AvgIpc) is 3.78. The summed E-state index contributed by atoms with van der Waals surface area (Å²) in [6.45, 7) is 0. The van der Waals surface area contributed by atoms with Crippen molar-refractivity contribution in [3.63, 3.8) is 0 Å². The maximum Gasteiger partial charge on any atom is 0.195 e. The molecule has 192 valence electrons. The Balaban J connectivity index is 1.23. The zero-order valence-electron chi connectivity index (χ0n) is 21.7. The van der Waals surface area contributed by atoms with Gasteiger partial charge in [0.05, 0.1) is 28.7 Å². The van der Waals surface area contributed by atoms with Crippen LogP contribution in [0.3, 0.4) is 0 Å². The molecular weight excluding hydrogens is 480 g/mol. The quantitative estimate of drug-likeness (QED) is 0.286. The number of nitrogens with zero attached hydrogens (tertiary/aromatic N) is 2. The Hall–Kier alpha value is -4.18. The molecule has 4 nitrogen and oxygen atoms in total. The van der Waals surface area contributed by atoms with E-state index in [0.717, 1.165) is 59.4 Å². The molecule has 2 aliphatic heterocycles. The molecule has 0 bridgehead atoms. The maximum absolute atomic E-state index is 6.63. The number of rotatable bonds is 4. The first-order valence-electron chi connectivity index (χ1n) is 14.0. The second-order valence-electron chi connectivity index (χ2n) is 11.3. The third-order valence-corrected chi connectivity index (χ3v) is 9.73. The molecule has 0 radical (unpaired) electrons. The van der Waals surface area contributed by atoms with Crippen LogP contribution in [0.15, 0.2) is 132 Å². The molecule has 2 atom stereocenters. The average molecular weight is 511 g/mol. The smallest absolute Gasteiger partial charge is 0.195 e. The standard InChI is InChI=1S/C35H30N2O2/c1-5-13-25(14-6-1)34(26-15-7-2-8-16-26)29-21-23-33(31(29)36-38-34)24-22-30-32(33)37-39-35(30,27-17-9-3-10-18-27)28-19-11-4-12-20-28/h1-20,29-30H,21-24H2. The summed E-state index contributed by atoms with van der Waals surface area (Å²) >= 11 is 0. The van der Waals surface area contributed by atoms with E-state index in [1.54, 1.807) is 0 Å². The summed E-state index contributed by atoms with van der Waals surface area (Å²) in [4.78, 5) is 13.3. The van der Waals surface area contributed by atoms with Crippen molar-refractivity contribution in [1.29, 1.82) is 0 Å². The lowest BCUT2D eigenvalue weighted by Gasteiger charge is -2.33. The highest BCUT2D eigenvalue weighted by atomic mass is 16.7. The van der Waals surface area contributed by atoms with Crippen LogP contribution in [-0.2, 0) is 20.9 Å². The highest BCUT2D eigenvalue weighted by Crippen LogP contribution is 2.64. The molecule has 1 spiro atoms. The number of oxime groups is 2. The summed E-state index contributed by atoms with van der Waals surface area (Å²) in [7, 11) is 0. The minimum atomic E-state index is -0.630. The van der Waals surface area contributed by atoms with Crippen LogP contribution in [0.4, 0.5) is 0 Å². The van der Waals surface area contributed by atoms with E-state index in [0.29, 0.717) is 0 Å². The fourth-order valence-electron chi connectivity index (χ4n) is 8.05. The van der Waals surface area contributed by atoms with Crippen LogP contribution in [0, 0.1) is 17.3 Å². The Labute approximate surface area is 229 Å². The lowest BCUT2D eigenvalue weighted by atomic mass is 9.70. The van der Waals surface area contributed by atoms with Crippen molar-refractivity contribution in [3.05, 3.63) is 144 Å². The van der Waals surface area contributed by atoms with Crippen molar-refractivity contribution in [1.82, 2.24) is 0 Å². The number of hydrogen-bond donors (Lipinski definition) is 0. The first kappa shape index (κ1) is 22.8. The third-order valence-electron chi connectivity index (χ3n) is 9.73. The molecule has 2 heterocycles. The van der Waals surface area contributed by atoms with E-state index in [1.165, 1.54) is 0 Å². The molecule has 0 aromatic heterocycles. The predicted octanol–water partition coefficient (Wildman–Crippen LogP) is 7.45. The summed E-state index contributed by atoms with van der Waals surface area (Å²) in [5, 5.41) is 9.95. The van der Waals surface area contributed by atoms with Gasteiger partial charge in [-0.05, 0) is 25.7 Å². The van der Waals surface area contributed by atoms with Crippen molar-refractivity contribution in [2.75, 3.05) is 0 Å². The normalized spacial score (nSPS) is 27.3. The molecule has 0 saturated heterocycles. The Morgan fingerprint density at radius 3 is 1.08 bits per heavy atom. The molecule has 4 aromatic carbocycles. The van der Waals surface area contributed by atoms with Gasteiger partial charge >= 0.3 is 0 Å². The Kier molecular flexibility index (Phi) is 4.91. The first-order chi connectivity index (χ1) is 19.3. The fraction of sp³-hybridized carbons (Fsp3) is 0.257. The molecule has 2 fully saturated rings. The largest absolute Gasteiger partial charge is 0.379 e. The Morgan fingerprint density at radius 1 is 0.462 bits per heavy atom. The number of fused-ring (bicyclic) bond motifs is 4. The third kappa shape index (κ3) is 2.95. The van der Waals surface area contributed by atoms with Crippen LogP contribution in [0.2, 0.25) is 0 Å². The van der Waals surface area contributed by atoms with Crippen LogP contribution >= 0.6 is 0 Å². The molecule has 2 unspecified atom stereocenters. The van der Waals surface area contributed by atoms with Gasteiger partial charge in [-0.15, -0.1) is 0 Å². The molecule has 2 saturated carbocycles. The lowest BCUT2D eigenvalue weighted by Crippen LogP contribution is -2.41. The number of benzene rings is 4. The van der Waals surface area contributed by atoms with Gasteiger partial charge in [-0.25, -0.2) is 0 Å². The van der Waals surface area contributed by atoms with E-state index >= 15 is 0 Å². The van der Waals surface area contributed by atoms with Gasteiger partial charge in [0.15, 0.2) is 11.2 Å². The summed E-state index contributed by atoms with van der Waals surface area (Å²) in [5.41, 5.74) is 5.42. The fourth-order valence-corrected chi connectivity index (χ4v) is 8.05. The summed E-state index contributed by atoms with van der Waals surface area (Å²) in [6.07, 6.45) is 4.02. The monoisotopic (exact) mass is 510 g/mol. The van der Waals surface area contributed by atoms with Crippen LogP contribution in [0.5, 0.6) is 0 Å². The van der Waals surface area contributed by atoms with Gasteiger partial charge in [0.2, 0.25) is 0 Å². The summed E-state index contributed by atoms with van der Waals surface area (Å²) < 4.78 is 0. The molecule has 4 aromatic rings. The Bertz CT molecular complexity index is 1360. The van der Waals surface area contributed by atoms with Crippen LogP contribution < -0.4 is 0 Å². The highest BCUT2D eigenvalue weighted by Gasteiger charge is 2.68. The van der Waals surface area contributed by atoms with E-state index in [-0.39, 0.29) is 17.3 Å². The Morgan fingerprint density at radius 2 is 0.769 bits per heavy atom. The van der Waals surface area contributed by atoms with E-state index < -0.39 is 11.2 Å². The molecule has 8 rings (SSSR count). The van der Waals surface area contributed by atoms with Crippen molar-refractivity contribution in [2.45, 2.75) is 36.9 Å². The van der Waals surface area contributed by atoms with Crippen molar-refractivity contribution in [3.8, 4) is 0 Å².